The van der Waals surface area contributed by atoms with Crippen LogP contribution in [0.2, 0.25) is 5.15 Å². The SMILES string of the molecule is O=C(O)c1c(Cl)[nH]c2c(Br)cccc12. The third-order valence-corrected chi connectivity index (χ3v) is 2.90. The molecule has 0 aliphatic heterocycles. The first kappa shape index (κ1) is 9.55. The second kappa shape index (κ2) is 3.29. The number of aromatic amines is 1. The van der Waals surface area contributed by atoms with Crippen LogP contribution in [0.25, 0.3) is 10.9 Å². The van der Waals surface area contributed by atoms with Gasteiger partial charge in [-0.1, -0.05) is 23.7 Å². The lowest BCUT2D eigenvalue weighted by Gasteiger charge is -1.93. The van der Waals surface area contributed by atoms with Gasteiger partial charge in [0.15, 0.2) is 0 Å². The topological polar surface area (TPSA) is 53.1 Å². The molecule has 0 saturated heterocycles. The molecule has 0 radical (unpaired) electrons. The quantitative estimate of drug-likeness (QED) is 0.838. The minimum atomic E-state index is -1.03. The van der Waals surface area contributed by atoms with E-state index in [1.54, 1.807) is 12.1 Å². The van der Waals surface area contributed by atoms with E-state index in [9.17, 15) is 4.79 Å². The lowest BCUT2D eigenvalue weighted by atomic mass is 10.2. The monoisotopic (exact) mass is 273 g/mol. The van der Waals surface area contributed by atoms with Crippen molar-refractivity contribution >= 4 is 44.4 Å². The van der Waals surface area contributed by atoms with Gasteiger partial charge in [-0.25, -0.2) is 4.79 Å². The molecule has 0 saturated carbocycles. The fraction of sp³-hybridized carbons (Fsp3) is 0. The second-order valence-corrected chi connectivity index (χ2v) is 4.01. The lowest BCUT2D eigenvalue weighted by molar-refractivity contribution is 0.0699. The van der Waals surface area contributed by atoms with Crippen molar-refractivity contribution in [3.05, 3.63) is 33.4 Å². The molecule has 2 rings (SSSR count). The van der Waals surface area contributed by atoms with Crippen LogP contribution >= 0.6 is 27.5 Å². The molecule has 0 bridgehead atoms. The fourth-order valence-electron chi connectivity index (χ4n) is 1.36. The van der Waals surface area contributed by atoms with Gasteiger partial charge in [0.25, 0.3) is 0 Å². The van der Waals surface area contributed by atoms with Crippen LogP contribution < -0.4 is 0 Å². The number of hydrogen-bond acceptors (Lipinski definition) is 1. The normalized spacial score (nSPS) is 10.7. The molecule has 2 aromatic rings. The molecule has 0 amide bonds. The van der Waals surface area contributed by atoms with E-state index in [-0.39, 0.29) is 10.7 Å². The molecular weight excluding hydrogens is 269 g/mol. The van der Waals surface area contributed by atoms with E-state index in [1.165, 1.54) is 0 Å². The molecule has 14 heavy (non-hydrogen) atoms. The standard InChI is InChI=1S/C9H5BrClNO2/c10-5-3-1-2-4-6(9(13)14)8(11)12-7(4)5/h1-3,12H,(H,13,14). The summed E-state index contributed by atoms with van der Waals surface area (Å²) in [5.74, 6) is -1.03. The molecule has 0 atom stereocenters. The van der Waals surface area contributed by atoms with Crippen LogP contribution in [0.4, 0.5) is 0 Å². The summed E-state index contributed by atoms with van der Waals surface area (Å²) in [6.45, 7) is 0. The van der Waals surface area contributed by atoms with Gasteiger partial charge in [0, 0.05) is 9.86 Å². The van der Waals surface area contributed by atoms with Crippen molar-refractivity contribution in [3.63, 3.8) is 0 Å². The van der Waals surface area contributed by atoms with E-state index in [4.69, 9.17) is 16.7 Å². The Hall–Kier alpha value is -1.00. The average Bonchev–Trinajstić information content (AvgIpc) is 2.42. The number of carbonyl (C=O) groups is 1. The molecule has 0 fully saturated rings. The highest BCUT2D eigenvalue weighted by atomic mass is 79.9. The number of nitrogens with one attached hydrogen (secondary N) is 1. The summed E-state index contributed by atoms with van der Waals surface area (Å²) in [7, 11) is 0. The van der Waals surface area contributed by atoms with Gasteiger partial charge in [0.1, 0.15) is 10.7 Å². The van der Waals surface area contributed by atoms with Crippen molar-refractivity contribution in [1.29, 1.82) is 0 Å². The number of fused-ring (bicyclic) bond motifs is 1. The first-order valence-corrected chi connectivity index (χ1v) is 4.97. The Morgan fingerprint density at radius 1 is 1.50 bits per heavy atom. The average molecular weight is 275 g/mol. The Labute approximate surface area is 92.8 Å². The Balaban J connectivity index is 2.90. The molecule has 1 aromatic heterocycles. The van der Waals surface area contributed by atoms with E-state index < -0.39 is 5.97 Å². The minimum Gasteiger partial charge on any atom is -0.478 e. The molecule has 2 N–H and O–H groups in total. The number of hydrogen-bond donors (Lipinski definition) is 2. The highest BCUT2D eigenvalue weighted by molar-refractivity contribution is 9.10. The third kappa shape index (κ3) is 1.31. The molecular formula is C9H5BrClNO2. The summed E-state index contributed by atoms with van der Waals surface area (Å²) in [5.41, 5.74) is 0.817. The number of aromatic nitrogens is 1. The largest absolute Gasteiger partial charge is 0.478 e. The molecule has 3 nitrogen and oxygen atoms in total. The van der Waals surface area contributed by atoms with E-state index in [0.717, 1.165) is 4.47 Å². The first-order valence-electron chi connectivity index (χ1n) is 3.80. The van der Waals surface area contributed by atoms with Crippen molar-refractivity contribution in [2.45, 2.75) is 0 Å². The van der Waals surface area contributed by atoms with E-state index >= 15 is 0 Å². The highest BCUT2D eigenvalue weighted by Gasteiger charge is 2.17. The predicted molar refractivity (Wildman–Crippen MR) is 58.0 cm³/mol. The Kier molecular flexibility index (Phi) is 2.25. The third-order valence-electron chi connectivity index (χ3n) is 1.95. The summed E-state index contributed by atoms with van der Waals surface area (Å²) in [6, 6.07) is 5.30. The van der Waals surface area contributed by atoms with Gasteiger partial charge in [0.05, 0.1) is 5.52 Å². The number of benzene rings is 1. The zero-order valence-electron chi connectivity index (χ0n) is 6.84. The maximum Gasteiger partial charge on any atom is 0.339 e. The predicted octanol–water partition coefficient (Wildman–Crippen LogP) is 3.28. The van der Waals surface area contributed by atoms with Gasteiger partial charge in [-0.2, -0.15) is 0 Å². The number of halogens is 2. The Bertz CT molecular complexity index is 521. The van der Waals surface area contributed by atoms with Crippen molar-refractivity contribution in [3.8, 4) is 0 Å². The van der Waals surface area contributed by atoms with Crippen LogP contribution in [0, 0.1) is 0 Å². The number of H-pyrrole nitrogens is 1. The van der Waals surface area contributed by atoms with Crippen molar-refractivity contribution in [2.75, 3.05) is 0 Å². The highest BCUT2D eigenvalue weighted by Crippen LogP contribution is 2.30. The summed E-state index contributed by atoms with van der Waals surface area (Å²) in [4.78, 5) is 13.7. The summed E-state index contributed by atoms with van der Waals surface area (Å²) < 4.78 is 0.796. The number of para-hydroxylation sites is 1. The lowest BCUT2D eigenvalue weighted by Crippen LogP contribution is -1.94. The van der Waals surface area contributed by atoms with Gasteiger partial charge < -0.3 is 10.1 Å². The molecule has 72 valence electrons. The van der Waals surface area contributed by atoms with Crippen LogP contribution in [-0.4, -0.2) is 16.1 Å². The van der Waals surface area contributed by atoms with Gasteiger partial charge in [-0.05, 0) is 22.0 Å². The number of rotatable bonds is 1. The molecule has 0 aliphatic carbocycles. The van der Waals surface area contributed by atoms with Crippen molar-refractivity contribution < 1.29 is 9.90 Å². The van der Waals surface area contributed by atoms with Crippen LogP contribution in [0.3, 0.4) is 0 Å². The van der Waals surface area contributed by atoms with Crippen molar-refractivity contribution in [1.82, 2.24) is 4.98 Å². The van der Waals surface area contributed by atoms with Crippen LogP contribution in [0.5, 0.6) is 0 Å². The van der Waals surface area contributed by atoms with Crippen LogP contribution in [-0.2, 0) is 0 Å². The van der Waals surface area contributed by atoms with E-state index in [1.807, 2.05) is 6.07 Å². The zero-order valence-corrected chi connectivity index (χ0v) is 9.19. The zero-order chi connectivity index (χ0) is 10.3. The van der Waals surface area contributed by atoms with Gasteiger partial charge >= 0.3 is 5.97 Å². The summed E-state index contributed by atoms with van der Waals surface area (Å²) in [6.07, 6.45) is 0. The maximum atomic E-state index is 10.9. The second-order valence-electron chi connectivity index (χ2n) is 2.78. The summed E-state index contributed by atoms with van der Waals surface area (Å²) in [5, 5.41) is 9.68. The fourth-order valence-corrected chi connectivity index (χ4v) is 2.10. The van der Waals surface area contributed by atoms with E-state index in [2.05, 4.69) is 20.9 Å². The maximum absolute atomic E-state index is 10.9. The number of carboxylic acid groups (broad SMARTS) is 1. The molecule has 0 unspecified atom stereocenters. The van der Waals surface area contributed by atoms with Gasteiger partial charge in [-0.3, -0.25) is 0 Å². The first-order chi connectivity index (χ1) is 6.61. The Morgan fingerprint density at radius 2 is 2.21 bits per heavy atom. The number of aromatic carboxylic acids is 1. The van der Waals surface area contributed by atoms with Crippen LogP contribution in [0.15, 0.2) is 22.7 Å². The van der Waals surface area contributed by atoms with E-state index in [0.29, 0.717) is 10.9 Å². The molecule has 1 heterocycles. The van der Waals surface area contributed by atoms with Gasteiger partial charge in [-0.15, -0.1) is 0 Å². The molecule has 0 aliphatic rings. The molecule has 0 spiro atoms. The Morgan fingerprint density at radius 3 is 2.86 bits per heavy atom. The van der Waals surface area contributed by atoms with Crippen LogP contribution in [0.1, 0.15) is 10.4 Å². The van der Waals surface area contributed by atoms with Crippen molar-refractivity contribution in [2.24, 2.45) is 0 Å². The van der Waals surface area contributed by atoms with Gasteiger partial charge in [0.2, 0.25) is 0 Å². The molecule has 5 heteroatoms. The summed E-state index contributed by atoms with van der Waals surface area (Å²) >= 11 is 9.09. The molecule has 1 aromatic carbocycles. The smallest absolute Gasteiger partial charge is 0.339 e. The minimum absolute atomic E-state index is 0.114. The number of carboxylic acids is 1.